The number of halogens is 1. The molecule has 1 amide bonds. The van der Waals surface area contributed by atoms with Gasteiger partial charge in [0, 0.05) is 31.8 Å². The molecule has 0 radical (unpaired) electrons. The highest BCUT2D eigenvalue weighted by Gasteiger charge is 2.22. The zero-order valence-corrected chi connectivity index (χ0v) is 14.2. The zero-order valence-electron chi connectivity index (χ0n) is 14.2. The highest BCUT2D eigenvalue weighted by Crippen LogP contribution is 2.19. The van der Waals surface area contributed by atoms with Crippen LogP contribution in [0.5, 0.6) is 0 Å². The predicted molar refractivity (Wildman–Crippen MR) is 92.8 cm³/mol. The highest BCUT2D eigenvalue weighted by atomic mass is 19.1. The van der Waals surface area contributed by atoms with E-state index in [-0.39, 0.29) is 11.3 Å². The van der Waals surface area contributed by atoms with Gasteiger partial charge < -0.3 is 9.80 Å². The van der Waals surface area contributed by atoms with E-state index in [4.69, 9.17) is 0 Å². The minimum Gasteiger partial charge on any atom is -0.333 e. The average molecular weight is 345 g/mol. The number of benzene rings is 2. The smallest absolute Gasteiger partial charge is 0.270 e. The van der Waals surface area contributed by atoms with Crippen molar-refractivity contribution in [3.8, 4) is 0 Å². The Morgan fingerprint density at radius 2 is 1.80 bits per heavy atom. The van der Waals surface area contributed by atoms with Gasteiger partial charge in [-0.15, -0.1) is 0 Å². The summed E-state index contributed by atoms with van der Waals surface area (Å²) in [6, 6.07) is 12.3. The van der Waals surface area contributed by atoms with Crippen LogP contribution in [0.15, 0.2) is 48.5 Å². The molecule has 0 spiro atoms. The molecular formula is C18H20FN3O3. The van der Waals surface area contributed by atoms with Crippen LogP contribution >= 0.6 is 0 Å². The van der Waals surface area contributed by atoms with Gasteiger partial charge in [-0.25, -0.2) is 4.39 Å². The van der Waals surface area contributed by atoms with Crippen molar-refractivity contribution in [2.75, 3.05) is 27.2 Å². The van der Waals surface area contributed by atoms with Crippen LogP contribution in [0.1, 0.15) is 15.9 Å². The monoisotopic (exact) mass is 345 g/mol. The molecule has 0 saturated carbocycles. The number of rotatable bonds is 7. The van der Waals surface area contributed by atoms with Gasteiger partial charge in [0.25, 0.3) is 11.6 Å². The van der Waals surface area contributed by atoms with Crippen molar-refractivity contribution in [1.82, 2.24) is 9.80 Å². The lowest BCUT2D eigenvalue weighted by atomic mass is 10.1. The second-order valence-corrected chi connectivity index (χ2v) is 5.94. The summed E-state index contributed by atoms with van der Waals surface area (Å²) in [7, 11) is 3.75. The number of non-ortho nitro benzene ring substituents is 1. The molecule has 2 aromatic carbocycles. The quantitative estimate of drug-likeness (QED) is 0.572. The van der Waals surface area contributed by atoms with Crippen LogP contribution in [-0.4, -0.2) is 47.8 Å². The van der Waals surface area contributed by atoms with E-state index in [0.717, 1.165) is 23.8 Å². The lowest BCUT2D eigenvalue weighted by Crippen LogP contribution is -2.36. The second-order valence-electron chi connectivity index (χ2n) is 5.94. The Morgan fingerprint density at radius 3 is 2.40 bits per heavy atom. The van der Waals surface area contributed by atoms with Gasteiger partial charge in [0.2, 0.25) is 0 Å². The molecule has 0 aliphatic rings. The minimum atomic E-state index is -0.765. The standard InChI is InChI=1S/C18H20FN3O3/c1-20(2)10-11-21(13-14-6-4-3-5-7-14)18(23)16-12-15(22(24)25)8-9-17(16)19/h3-9,12H,10-11,13H2,1-2H3. The fourth-order valence-electron chi connectivity index (χ4n) is 2.34. The Balaban J connectivity index is 2.30. The first kappa shape index (κ1) is 18.5. The molecule has 0 heterocycles. The molecule has 0 atom stereocenters. The molecule has 0 bridgehead atoms. The van der Waals surface area contributed by atoms with Crippen molar-refractivity contribution >= 4 is 11.6 Å². The molecule has 7 heteroatoms. The van der Waals surface area contributed by atoms with Crippen molar-refractivity contribution in [2.45, 2.75) is 6.54 Å². The normalized spacial score (nSPS) is 10.7. The number of nitro groups is 1. The molecule has 6 nitrogen and oxygen atoms in total. The molecule has 0 aliphatic carbocycles. The lowest BCUT2D eigenvalue weighted by Gasteiger charge is -2.25. The van der Waals surface area contributed by atoms with Crippen molar-refractivity contribution in [2.24, 2.45) is 0 Å². The van der Waals surface area contributed by atoms with Crippen molar-refractivity contribution in [1.29, 1.82) is 0 Å². The Labute approximate surface area is 145 Å². The van der Waals surface area contributed by atoms with Crippen molar-refractivity contribution < 1.29 is 14.1 Å². The van der Waals surface area contributed by atoms with Gasteiger partial charge >= 0.3 is 0 Å². The number of amides is 1. The molecule has 2 rings (SSSR count). The molecule has 0 aliphatic heterocycles. The molecular weight excluding hydrogens is 325 g/mol. The first-order chi connectivity index (χ1) is 11.9. The van der Waals surface area contributed by atoms with Crippen LogP contribution in [0, 0.1) is 15.9 Å². The van der Waals surface area contributed by atoms with Gasteiger partial charge in [0.1, 0.15) is 5.82 Å². The number of carbonyl (C=O) groups is 1. The number of nitro benzene ring substituents is 1. The summed E-state index contributed by atoms with van der Waals surface area (Å²) in [4.78, 5) is 26.5. The summed E-state index contributed by atoms with van der Waals surface area (Å²) >= 11 is 0. The molecule has 0 unspecified atom stereocenters. The highest BCUT2D eigenvalue weighted by molar-refractivity contribution is 5.95. The second kappa shape index (κ2) is 8.34. The first-order valence-corrected chi connectivity index (χ1v) is 7.80. The third kappa shape index (κ3) is 5.09. The van der Waals surface area contributed by atoms with E-state index in [9.17, 15) is 19.3 Å². The van der Waals surface area contributed by atoms with E-state index >= 15 is 0 Å². The summed E-state index contributed by atoms with van der Waals surface area (Å²) < 4.78 is 14.1. The van der Waals surface area contributed by atoms with Gasteiger partial charge in [0.15, 0.2) is 0 Å². The Hall–Kier alpha value is -2.80. The summed E-state index contributed by atoms with van der Waals surface area (Å²) in [5.41, 5.74) is 0.307. The maximum absolute atomic E-state index is 14.1. The Bertz CT molecular complexity index is 750. The Kier molecular flexibility index (Phi) is 6.19. The topological polar surface area (TPSA) is 66.7 Å². The molecule has 0 saturated heterocycles. The molecule has 0 aromatic heterocycles. The average Bonchev–Trinajstić information content (AvgIpc) is 2.59. The van der Waals surface area contributed by atoms with Gasteiger partial charge in [-0.05, 0) is 25.7 Å². The van der Waals surface area contributed by atoms with E-state index in [1.807, 2.05) is 49.3 Å². The molecule has 0 fully saturated rings. The SMILES string of the molecule is CN(C)CCN(Cc1ccccc1)C(=O)c1cc([N+](=O)[O-])ccc1F. The lowest BCUT2D eigenvalue weighted by molar-refractivity contribution is -0.384. The van der Waals surface area contributed by atoms with Crippen LogP contribution in [0.3, 0.4) is 0 Å². The minimum absolute atomic E-state index is 0.288. The van der Waals surface area contributed by atoms with Crippen LogP contribution in [0.4, 0.5) is 10.1 Å². The molecule has 25 heavy (non-hydrogen) atoms. The molecule has 0 N–H and O–H groups in total. The fraction of sp³-hybridized carbons (Fsp3) is 0.278. The Morgan fingerprint density at radius 1 is 1.12 bits per heavy atom. The number of carbonyl (C=O) groups excluding carboxylic acids is 1. The summed E-state index contributed by atoms with van der Waals surface area (Å²) in [6.45, 7) is 1.27. The van der Waals surface area contributed by atoms with Gasteiger partial charge in [0.05, 0.1) is 10.5 Å². The largest absolute Gasteiger partial charge is 0.333 e. The van der Waals surface area contributed by atoms with Crippen LogP contribution in [0.2, 0.25) is 0 Å². The predicted octanol–water partition coefficient (Wildman–Crippen LogP) is 2.94. The van der Waals surface area contributed by atoms with Gasteiger partial charge in [-0.3, -0.25) is 14.9 Å². The van der Waals surface area contributed by atoms with E-state index in [1.165, 1.54) is 4.90 Å². The number of nitrogens with zero attached hydrogens (tertiary/aromatic N) is 3. The van der Waals surface area contributed by atoms with Crippen LogP contribution in [0.25, 0.3) is 0 Å². The van der Waals surface area contributed by atoms with E-state index in [1.54, 1.807) is 0 Å². The van der Waals surface area contributed by atoms with Crippen LogP contribution in [-0.2, 0) is 6.54 Å². The summed E-state index contributed by atoms with van der Waals surface area (Å²) in [6.07, 6.45) is 0. The van der Waals surface area contributed by atoms with E-state index in [0.29, 0.717) is 19.6 Å². The zero-order chi connectivity index (χ0) is 18.4. The van der Waals surface area contributed by atoms with Gasteiger partial charge in [-0.2, -0.15) is 0 Å². The summed E-state index contributed by atoms with van der Waals surface area (Å²) in [5.74, 6) is -1.33. The number of hydrogen-bond acceptors (Lipinski definition) is 4. The maximum atomic E-state index is 14.1. The van der Waals surface area contributed by atoms with Crippen LogP contribution < -0.4 is 0 Å². The number of hydrogen-bond donors (Lipinski definition) is 0. The molecule has 132 valence electrons. The molecule has 2 aromatic rings. The summed E-state index contributed by atoms with van der Waals surface area (Å²) in [5, 5.41) is 10.9. The number of likely N-dealkylation sites (N-methyl/N-ethyl adjacent to an activating group) is 1. The van der Waals surface area contributed by atoms with E-state index in [2.05, 4.69) is 0 Å². The first-order valence-electron chi connectivity index (χ1n) is 7.80. The third-order valence-electron chi connectivity index (χ3n) is 3.71. The van der Waals surface area contributed by atoms with Crippen molar-refractivity contribution in [3.05, 3.63) is 75.6 Å². The maximum Gasteiger partial charge on any atom is 0.270 e. The van der Waals surface area contributed by atoms with Gasteiger partial charge in [-0.1, -0.05) is 30.3 Å². The van der Waals surface area contributed by atoms with Crippen molar-refractivity contribution in [3.63, 3.8) is 0 Å². The van der Waals surface area contributed by atoms with E-state index < -0.39 is 16.6 Å². The fourth-order valence-corrected chi connectivity index (χ4v) is 2.34. The third-order valence-corrected chi connectivity index (χ3v) is 3.71.